The van der Waals surface area contributed by atoms with Gasteiger partial charge in [-0.15, -0.1) is 0 Å². The molecule has 2 atom stereocenters. The monoisotopic (exact) mass is 394 g/mol. The fourth-order valence-electron chi connectivity index (χ4n) is 4.04. The minimum absolute atomic E-state index is 0.0355. The van der Waals surface area contributed by atoms with Gasteiger partial charge in [-0.2, -0.15) is 5.26 Å². The molecule has 4 nitrogen and oxygen atoms in total. The highest BCUT2D eigenvalue weighted by atomic mass is 28.4. The maximum atomic E-state index is 9.22. The summed E-state index contributed by atoms with van der Waals surface area (Å²) in [6.07, 6.45) is 1.34. The molecule has 1 aliphatic heterocycles. The molecule has 0 saturated carbocycles. The third-order valence-corrected chi connectivity index (χ3v) is 10.6. The van der Waals surface area contributed by atoms with Crippen molar-refractivity contribution in [3.8, 4) is 6.07 Å². The van der Waals surface area contributed by atoms with Crippen molar-refractivity contribution < 1.29 is 9.16 Å². The highest BCUT2D eigenvalue weighted by molar-refractivity contribution is 6.99. The fraction of sp³-hybridized carbons (Fsp3) is 0.435. The van der Waals surface area contributed by atoms with E-state index in [-0.39, 0.29) is 17.7 Å². The third-order valence-electron chi connectivity index (χ3n) is 5.61. The summed E-state index contributed by atoms with van der Waals surface area (Å²) < 4.78 is 12.8. The van der Waals surface area contributed by atoms with Crippen LogP contribution in [0.3, 0.4) is 0 Å². The predicted molar refractivity (Wildman–Crippen MR) is 115 cm³/mol. The summed E-state index contributed by atoms with van der Waals surface area (Å²) in [5.74, 6) is 0. The van der Waals surface area contributed by atoms with Gasteiger partial charge in [0.25, 0.3) is 8.32 Å². The molecule has 28 heavy (non-hydrogen) atoms. The lowest BCUT2D eigenvalue weighted by molar-refractivity contribution is -0.0358. The molecule has 1 fully saturated rings. The van der Waals surface area contributed by atoms with Crippen LogP contribution < -0.4 is 16.1 Å². The van der Waals surface area contributed by atoms with Gasteiger partial charge in [-0.3, -0.25) is 0 Å². The topological polar surface area (TPSA) is 68.3 Å². The van der Waals surface area contributed by atoms with E-state index in [1.54, 1.807) is 0 Å². The molecule has 1 aliphatic rings. The van der Waals surface area contributed by atoms with Crippen LogP contribution in [0.5, 0.6) is 0 Å². The lowest BCUT2D eigenvalue weighted by Crippen LogP contribution is -2.67. The molecule has 0 aromatic heterocycles. The zero-order valence-corrected chi connectivity index (χ0v) is 18.0. The average Bonchev–Trinajstić information content (AvgIpc) is 2.70. The van der Waals surface area contributed by atoms with Crippen LogP contribution in [-0.2, 0) is 9.16 Å². The van der Waals surface area contributed by atoms with Gasteiger partial charge in [-0.1, -0.05) is 81.4 Å². The van der Waals surface area contributed by atoms with Gasteiger partial charge >= 0.3 is 0 Å². The summed E-state index contributed by atoms with van der Waals surface area (Å²) in [7, 11) is -2.55. The molecule has 0 radical (unpaired) electrons. The molecule has 5 heteroatoms. The second-order valence-corrected chi connectivity index (χ2v) is 13.0. The van der Waals surface area contributed by atoms with Crippen LogP contribution >= 0.6 is 0 Å². The van der Waals surface area contributed by atoms with Crippen molar-refractivity contribution in [1.82, 2.24) is 0 Å². The van der Waals surface area contributed by atoms with E-state index in [1.165, 1.54) is 10.4 Å². The zero-order chi connectivity index (χ0) is 20.3. The second-order valence-electron chi connectivity index (χ2n) is 8.71. The van der Waals surface area contributed by atoms with E-state index >= 15 is 0 Å². The summed E-state index contributed by atoms with van der Waals surface area (Å²) in [6.45, 7) is 7.57. The number of benzene rings is 2. The van der Waals surface area contributed by atoms with E-state index in [4.69, 9.17) is 14.9 Å². The Morgan fingerprint density at radius 2 is 1.64 bits per heavy atom. The number of nitrogens with two attached hydrogens (primary N) is 1. The standard InChI is InChI=1S/C23H30N2O2Si/c1-22(2,3)28(20-10-6-4-7-11-20,21-12-8-5-9-13-21)27-16-19-14-15-23(25,17-24)18-26-19/h4-13,19H,14-16,18,25H2,1-3H3/t19-,23-/m1/s1. The Kier molecular flexibility index (Phi) is 6.06. The molecule has 2 aromatic carbocycles. The first-order chi connectivity index (χ1) is 13.3. The van der Waals surface area contributed by atoms with Crippen LogP contribution in [-0.4, -0.2) is 33.2 Å². The van der Waals surface area contributed by atoms with Crippen molar-refractivity contribution in [2.75, 3.05) is 13.2 Å². The van der Waals surface area contributed by atoms with E-state index in [0.29, 0.717) is 13.0 Å². The van der Waals surface area contributed by atoms with E-state index in [1.807, 2.05) is 12.1 Å². The molecule has 3 rings (SSSR count). The molecular formula is C23H30N2O2Si. The minimum atomic E-state index is -2.55. The van der Waals surface area contributed by atoms with Crippen molar-refractivity contribution in [2.45, 2.75) is 50.3 Å². The first-order valence-electron chi connectivity index (χ1n) is 9.87. The summed E-state index contributed by atoms with van der Waals surface area (Å²) >= 11 is 0. The fourth-order valence-corrected chi connectivity index (χ4v) is 8.63. The summed E-state index contributed by atoms with van der Waals surface area (Å²) in [6, 6.07) is 23.3. The van der Waals surface area contributed by atoms with Gasteiger partial charge in [0.15, 0.2) is 0 Å². The molecule has 2 N–H and O–H groups in total. The normalized spacial score (nSPS) is 23.2. The maximum Gasteiger partial charge on any atom is 0.261 e. The van der Waals surface area contributed by atoms with E-state index in [0.717, 1.165) is 6.42 Å². The van der Waals surface area contributed by atoms with Gasteiger partial charge in [0.1, 0.15) is 5.54 Å². The smallest absolute Gasteiger partial charge is 0.261 e. The molecule has 1 heterocycles. The van der Waals surface area contributed by atoms with Crippen molar-refractivity contribution in [1.29, 1.82) is 5.26 Å². The summed E-state index contributed by atoms with van der Waals surface area (Å²) in [4.78, 5) is 0. The van der Waals surface area contributed by atoms with E-state index in [2.05, 4.69) is 75.4 Å². The Hall–Kier alpha value is -1.97. The highest BCUT2D eigenvalue weighted by Gasteiger charge is 2.50. The van der Waals surface area contributed by atoms with Crippen molar-refractivity contribution in [3.05, 3.63) is 60.7 Å². The number of hydrogen-bond donors (Lipinski definition) is 1. The largest absolute Gasteiger partial charge is 0.405 e. The molecule has 1 saturated heterocycles. The second kappa shape index (κ2) is 8.18. The Bertz CT molecular complexity index is 764. The third kappa shape index (κ3) is 4.06. The molecule has 0 unspecified atom stereocenters. The van der Waals surface area contributed by atoms with Crippen LogP contribution in [0.15, 0.2) is 60.7 Å². The van der Waals surface area contributed by atoms with E-state index in [9.17, 15) is 5.26 Å². The average molecular weight is 395 g/mol. The zero-order valence-electron chi connectivity index (χ0n) is 17.0. The van der Waals surface area contributed by atoms with Gasteiger partial charge in [-0.25, -0.2) is 0 Å². The minimum Gasteiger partial charge on any atom is -0.405 e. The Morgan fingerprint density at radius 1 is 1.11 bits per heavy atom. The van der Waals surface area contributed by atoms with Gasteiger partial charge < -0.3 is 14.9 Å². The molecule has 148 valence electrons. The van der Waals surface area contributed by atoms with Crippen LogP contribution in [0.4, 0.5) is 0 Å². The quantitative estimate of drug-likeness (QED) is 0.792. The lowest BCUT2D eigenvalue weighted by atomic mass is 9.93. The molecule has 0 aliphatic carbocycles. The maximum absolute atomic E-state index is 9.22. The highest BCUT2D eigenvalue weighted by Crippen LogP contribution is 2.37. The number of rotatable bonds is 5. The van der Waals surface area contributed by atoms with Gasteiger partial charge in [0, 0.05) is 0 Å². The number of nitrogens with zero attached hydrogens (tertiary/aromatic N) is 1. The molecule has 2 aromatic rings. The van der Waals surface area contributed by atoms with Gasteiger partial charge in [0.05, 0.1) is 25.4 Å². The SMILES string of the molecule is CC(C)(C)[Si](OC[C@H]1CC[C@@](N)(C#N)CO1)(c1ccccc1)c1ccccc1. The lowest BCUT2D eigenvalue weighted by Gasteiger charge is -2.44. The van der Waals surface area contributed by atoms with Crippen LogP contribution in [0.1, 0.15) is 33.6 Å². The first-order valence-corrected chi connectivity index (χ1v) is 11.8. The van der Waals surface area contributed by atoms with Crippen molar-refractivity contribution in [3.63, 3.8) is 0 Å². The number of hydrogen-bond acceptors (Lipinski definition) is 4. The van der Waals surface area contributed by atoms with Crippen molar-refractivity contribution in [2.24, 2.45) is 5.73 Å². The Balaban J connectivity index is 1.93. The number of nitriles is 1. The van der Waals surface area contributed by atoms with Crippen LogP contribution in [0, 0.1) is 11.3 Å². The Morgan fingerprint density at radius 3 is 2.04 bits per heavy atom. The first kappa shape index (κ1) is 20.8. The Labute approximate surface area is 169 Å². The van der Waals surface area contributed by atoms with E-state index < -0.39 is 13.9 Å². The summed E-state index contributed by atoms with van der Waals surface area (Å²) in [5, 5.41) is 11.7. The molecule has 0 spiro atoms. The van der Waals surface area contributed by atoms with Gasteiger partial charge in [-0.05, 0) is 28.3 Å². The van der Waals surface area contributed by atoms with Gasteiger partial charge in [0.2, 0.25) is 0 Å². The summed E-state index contributed by atoms with van der Waals surface area (Å²) in [5.41, 5.74) is 5.17. The van der Waals surface area contributed by atoms with Crippen LogP contribution in [0.25, 0.3) is 0 Å². The van der Waals surface area contributed by atoms with Crippen molar-refractivity contribution >= 4 is 18.7 Å². The molecule has 0 bridgehead atoms. The predicted octanol–water partition coefficient (Wildman–Crippen LogP) is 2.96. The van der Waals surface area contributed by atoms with Crippen LogP contribution in [0.2, 0.25) is 5.04 Å². The number of ether oxygens (including phenoxy) is 1. The molecular weight excluding hydrogens is 364 g/mol. The molecule has 0 amide bonds.